The zero-order valence-electron chi connectivity index (χ0n) is 11.2. The summed E-state index contributed by atoms with van der Waals surface area (Å²) in [6, 6.07) is 3.93. The third-order valence-corrected chi connectivity index (χ3v) is 3.63. The molecule has 1 saturated heterocycles. The molecule has 1 aliphatic rings. The van der Waals surface area contributed by atoms with Crippen molar-refractivity contribution in [2.24, 2.45) is 5.92 Å². The van der Waals surface area contributed by atoms with Crippen molar-refractivity contribution < 1.29 is 14.6 Å². The van der Waals surface area contributed by atoms with Crippen LogP contribution in [-0.4, -0.2) is 45.9 Å². The molecule has 6 heteroatoms. The van der Waals surface area contributed by atoms with Gasteiger partial charge < -0.3 is 9.84 Å². The van der Waals surface area contributed by atoms with Crippen molar-refractivity contribution in [1.29, 1.82) is 0 Å². The fourth-order valence-electron chi connectivity index (χ4n) is 2.43. The van der Waals surface area contributed by atoms with Gasteiger partial charge in [0.25, 0.3) is 0 Å². The maximum Gasteiger partial charge on any atom is 0.306 e. The summed E-state index contributed by atoms with van der Waals surface area (Å²) in [6.07, 6.45) is 1.39. The summed E-state index contributed by atoms with van der Waals surface area (Å²) >= 11 is 0. The number of methoxy groups -OCH3 is 1. The van der Waals surface area contributed by atoms with Gasteiger partial charge in [0.2, 0.25) is 5.88 Å². The molecule has 0 spiro atoms. The van der Waals surface area contributed by atoms with Crippen LogP contribution in [0.3, 0.4) is 0 Å². The highest BCUT2D eigenvalue weighted by Gasteiger charge is 2.29. The number of carbonyl (C=O) groups is 1. The molecule has 2 unspecified atom stereocenters. The SMILES string of the molecule is COc1ccc(CN2CCC(C(=O)O)CC2C)nn1. The Morgan fingerprint density at radius 3 is 2.84 bits per heavy atom. The zero-order valence-corrected chi connectivity index (χ0v) is 11.2. The smallest absolute Gasteiger partial charge is 0.306 e. The summed E-state index contributed by atoms with van der Waals surface area (Å²) in [6.45, 7) is 3.54. The van der Waals surface area contributed by atoms with Crippen molar-refractivity contribution in [3.63, 3.8) is 0 Å². The number of piperidine rings is 1. The van der Waals surface area contributed by atoms with Gasteiger partial charge in [0.05, 0.1) is 18.7 Å². The van der Waals surface area contributed by atoms with Crippen molar-refractivity contribution in [2.45, 2.75) is 32.4 Å². The van der Waals surface area contributed by atoms with Crippen LogP contribution in [0, 0.1) is 5.92 Å². The fraction of sp³-hybridized carbons (Fsp3) is 0.615. The van der Waals surface area contributed by atoms with Gasteiger partial charge in [0.1, 0.15) is 0 Å². The van der Waals surface area contributed by atoms with Crippen molar-refractivity contribution in [3.8, 4) is 5.88 Å². The molecule has 0 aromatic carbocycles. The lowest BCUT2D eigenvalue weighted by atomic mass is 9.91. The molecule has 104 valence electrons. The molecule has 0 saturated carbocycles. The van der Waals surface area contributed by atoms with Crippen LogP contribution in [0.15, 0.2) is 12.1 Å². The average Bonchev–Trinajstić information content (AvgIpc) is 2.41. The molecule has 0 radical (unpaired) electrons. The number of carboxylic acid groups (broad SMARTS) is 1. The number of aliphatic carboxylic acids is 1. The number of rotatable bonds is 4. The Kier molecular flexibility index (Phi) is 4.31. The minimum atomic E-state index is -0.685. The molecule has 0 bridgehead atoms. The number of carboxylic acids is 1. The zero-order chi connectivity index (χ0) is 13.8. The Balaban J connectivity index is 1.94. The fourth-order valence-corrected chi connectivity index (χ4v) is 2.43. The molecule has 2 heterocycles. The number of hydrogen-bond donors (Lipinski definition) is 1. The monoisotopic (exact) mass is 265 g/mol. The summed E-state index contributed by atoms with van der Waals surface area (Å²) in [5.41, 5.74) is 0.876. The van der Waals surface area contributed by atoms with E-state index < -0.39 is 5.97 Å². The van der Waals surface area contributed by atoms with Crippen molar-refractivity contribution in [3.05, 3.63) is 17.8 Å². The van der Waals surface area contributed by atoms with Crippen molar-refractivity contribution in [1.82, 2.24) is 15.1 Å². The third kappa shape index (κ3) is 3.41. The van der Waals surface area contributed by atoms with Gasteiger partial charge in [0.15, 0.2) is 0 Å². The Bertz CT molecular complexity index is 435. The minimum Gasteiger partial charge on any atom is -0.481 e. The van der Waals surface area contributed by atoms with Crippen LogP contribution in [0.1, 0.15) is 25.5 Å². The summed E-state index contributed by atoms with van der Waals surface area (Å²) in [5, 5.41) is 17.1. The van der Waals surface area contributed by atoms with Crippen molar-refractivity contribution >= 4 is 5.97 Å². The predicted molar refractivity (Wildman–Crippen MR) is 68.8 cm³/mol. The van der Waals surface area contributed by atoms with Gasteiger partial charge in [-0.05, 0) is 32.4 Å². The third-order valence-electron chi connectivity index (χ3n) is 3.63. The van der Waals surface area contributed by atoms with E-state index in [9.17, 15) is 4.79 Å². The van der Waals surface area contributed by atoms with Crippen LogP contribution in [-0.2, 0) is 11.3 Å². The number of ether oxygens (including phenoxy) is 1. The van der Waals surface area contributed by atoms with E-state index in [2.05, 4.69) is 22.0 Å². The van der Waals surface area contributed by atoms with Gasteiger partial charge in [-0.2, -0.15) is 5.10 Å². The maximum absolute atomic E-state index is 11.0. The van der Waals surface area contributed by atoms with E-state index in [1.54, 1.807) is 13.2 Å². The molecule has 2 rings (SSSR count). The van der Waals surface area contributed by atoms with Gasteiger partial charge in [-0.3, -0.25) is 9.69 Å². The van der Waals surface area contributed by atoms with Gasteiger partial charge >= 0.3 is 5.97 Å². The number of hydrogen-bond acceptors (Lipinski definition) is 5. The Labute approximate surface area is 112 Å². The Morgan fingerprint density at radius 2 is 2.32 bits per heavy atom. The van der Waals surface area contributed by atoms with E-state index in [1.807, 2.05) is 6.07 Å². The first-order chi connectivity index (χ1) is 9.10. The largest absolute Gasteiger partial charge is 0.481 e. The first-order valence-electron chi connectivity index (χ1n) is 6.43. The van der Waals surface area contributed by atoms with Crippen LogP contribution < -0.4 is 4.74 Å². The summed E-state index contributed by atoms with van der Waals surface area (Å²) in [5.74, 6) is -0.398. The molecule has 1 N–H and O–H groups in total. The molecule has 1 fully saturated rings. The van der Waals surface area contributed by atoms with Crippen LogP contribution in [0.2, 0.25) is 0 Å². The molecule has 0 aliphatic carbocycles. The number of likely N-dealkylation sites (tertiary alicyclic amines) is 1. The maximum atomic E-state index is 11.0. The normalized spacial score (nSPS) is 24.1. The number of aromatic nitrogens is 2. The topological polar surface area (TPSA) is 75.5 Å². The molecule has 1 aromatic heterocycles. The lowest BCUT2D eigenvalue weighted by Crippen LogP contribution is -2.42. The van der Waals surface area contributed by atoms with Crippen LogP contribution >= 0.6 is 0 Å². The van der Waals surface area contributed by atoms with Crippen molar-refractivity contribution in [2.75, 3.05) is 13.7 Å². The molecular formula is C13H19N3O3. The highest BCUT2D eigenvalue weighted by atomic mass is 16.5. The number of nitrogens with zero attached hydrogens (tertiary/aromatic N) is 3. The van der Waals surface area contributed by atoms with E-state index in [0.29, 0.717) is 25.3 Å². The molecular weight excluding hydrogens is 246 g/mol. The first kappa shape index (κ1) is 13.7. The lowest BCUT2D eigenvalue weighted by Gasteiger charge is -2.35. The van der Waals surface area contributed by atoms with E-state index in [4.69, 9.17) is 9.84 Å². The predicted octanol–water partition coefficient (Wildman–Crippen LogP) is 1.17. The lowest BCUT2D eigenvalue weighted by molar-refractivity contribution is -0.144. The van der Waals surface area contributed by atoms with Crippen LogP contribution in [0.25, 0.3) is 0 Å². The highest BCUT2D eigenvalue weighted by Crippen LogP contribution is 2.24. The first-order valence-corrected chi connectivity index (χ1v) is 6.43. The van der Waals surface area contributed by atoms with Gasteiger partial charge in [-0.25, -0.2) is 0 Å². The summed E-state index contributed by atoms with van der Waals surface area (Å²) in [7, 11) is 1.56. The van der Waals surface area contributed by atoms with E-state index in [-0.39, 0.29) is 12.0 Å². The van der Waals surface area contributed by atoms with Crippen LogP contribution in [0.4, 0.5) is 0 Å². The van der Waals surface area contributed by atoms with Gasteiger partial charge in [-0.1, -0.05) is 0 Å². The highest BCUT2D eigenvalue weighted by molar-refractivity contribution is 5.70. The van der Waals surface area contributed by atoms with Gasteiger partial charge in [-0.15, -0.1) is 5.10 Å². The second-order valence-corrected chi connectivity index (χ2v) is 4.95. The molecule has 0 amide bonds. The molecule has 1 aromatic rings. The van der Waals surface area contributed by atoms with Crippen LogP contribution in [0.5, 0.6) is 5.88 Å². The molecule has 1 aliphatic heterocycles. The molecule has 2 atom stereocenters. The summed E-state index contributed by atoms with van der Waals surface area (Å²) < 4.78 is 4.97. The van der Waals surface area contributed by atoms with E-state index in [0.717, 1.165) is 12.2 Å². The second kappa shape index (κ2) is 5.97. The Hall–Kier alpha value is -1.69. The Morgan fingerprint density at radius 1 is 1.53 bits per heavy atom. The standard InChI is InChI=1S/C13H19N3O3/c1-9-7-10(13(17)18)5-6-16(9)8-11-3-4-12(19-2)15-14-11/h3-4,9-10H,5-8H2,1-2H3,(H,17,18). The van der Waals surface area contributed by atoms with Gasteiger partial charge in [0, 0.05) is 18.7 Å². The quantitative estimate of drug-likeness (QED) is 0.880. The molecule has 19 heavy (non-hydrogen) atoms. The molecule has 6 nitrogen and oxygen atoms in total. The van der Waals surface area contributed by atoms with E-state index >= 15 is 0 Å². The average molecular weight is 265 g/mol. The second-order valence-electron chi connectivity index (χ2n) is 4.95. The van der Waals surface area contributed by atoms with E-state index in [1.165, 1.54) is 0 Å². The summed E-state index contributed by atoms with van der Waals surface area (Å²) in [4.78, 5) is 13.2. The minimum absolute atomic E-state index is 0.215.